The molecule has 2 rings (SSSR count). The Hall–Kier alpha value is -2.63. The Bertz CT molecular complexity index is 712. The maximum absolute atomic E-state index is 13.1. The summed E-state index contributed by atoms with van der Waals surface area (Å²) in [7, 11) is 1.29. The van der Waals surface area contributed by atoms with Crippen LogP contribution >= 0.6 is 0 Å². The number of hydrogen-bond acceptors (Lipinski definition) is 4. The van der Waals surface area contributed by atoms with Gasteiger partial charge in [0.25, 0.3) is 5.91 Å². The first-order valence-electron chi connectivity index (χ1n) is 7.93. The number of hydrogen-bond donors (Lipinski definition) is 0. The van der Waals surface area contributed by atoms with Gasteiger partial charge in [-0.2, -0.15) is 5.10 Å². The first-order valence-corrected chi connectivity index (χ1v) is 7.93. The van der Waals surface area contributed by atoms with Gasteiger partial charge in [-0.15, -0.1) is 0 Å². The third kappa shape index (κ3) is 3.48. The molecule has 0 spiro atoms. The van der Waals surface area contributed by atoms with Crippen LogP contribution in [0, 0.1) is 0 Å². The van der Waals surface area contributed by atoms with Crippen molar-refractivity contribution in [3.63, 3.8) is 0 Å². The van der Waals surface area contributed by atoms with Gasteiger partial charge in [0, 0.05) is 18.2 Å². The van der Waals surface area contributed by atoms with Crippen molar-refractivity contribution in [3.8, 4) is 5.69 Å². The molecule has 1 heterocycles. The maximum Gasteiger partial charge on any atom is 0.358 e. The van der Waals surface area contributed by atoms with Gasteiger partial charge >= 0.3 is 5.97 Å². The van der Waals surface area contributed by atoms with E-state index < -0.39 is 5.97 Å². The summed E-state index contributed by atoms with van der Waals surface area (Å²) in [6.07, 6.45) is 0. The lowest BCUT2D eigenvalue weighted by Crippen LogP contribution is -2.42. The molecule has 0 saturated carbocycles. The van der Waals surface area contributed by atoms with E-state index in [1.54, 1.807) is 4.90 Å². The quantitative estimate of drug-likeness (QED) is 0.791. The van der Waals surface area contributed by atoms with Gasteiger partial charge in [0.05, 0.1) is 12.8 Å². The Balaban J connectivity index is 2.57. The summed E-state index contributed by atoms with van der Waals surface area (Å²) in [6.45, 7) is 7.84. The molecule has 0 saturated heterocycles. The van der Waals surface area contributed by atoms with Crippen molar-refractivity contribution < 1.29 is 14.3 Å². The number of rotatable bonds is 5. The normalized spacial score (nSPS) is 11.0. The van der Waals surface area contributed by atoms with Crippen LogP contribution in [0.15, 0.2) is 36.4 Å². The monoisotopic (exact) mass is 329 g/mol. The van der Waals surface area contributed by atoms with Crippen LogP contribution in [0.25, 0.3) is 5.69 Å². The SMILES string of the molecule is COC(=O)c1cc(C(=O)N(C(C)C)C(C)C)n(-c2ccccc2)n1. The number of aromatic nitrogens is 2. The number of para-hydroxylation sites is 1. The van der Waals surface area contributed by atoms with Gasteiger partial charge in [0.2, 0.25) is 0 Å². The Morgan fingerprint density at radius 3 is 2.17 bits per heavy atom. The van der Waals surface area contributed by atoms with E-state index >= 15 is 0 Å². The zero-order valence-corrected chi connectivity index (χ0v) is 14.7. The molecule has 0 atom stereocenters. The predicted octanol–water partition coefficient (Wildman–Crippen LogP) is 2.92. The second-order valence-corrected chi connectivity index (χ2v) is 6.05. The van der Waals surface area contributed by atoms with Crippen LogP contribution < -0.4 is 0 Å². The molecule has 128 valence electrons. The molecule has 0 aliphatic carbocycles. The van der Waals surface area contributed by atoms with Crippen LogP contribution in [0.5, 0.6) is 0 Å². The number of amides is 1. The molecule has 0 aliphatic rings. The number of carbonyl (C=O) groups is 2. The number of benzene rings is 1. The Morgan fingerprint density at radius 2 is 1.67 bits per heavy atom. The molecule has 0 fully saturated rings. The van der Waals surface area contributed by atoms with Gasteiger partial charge in [0.15, 0.2) is 5.69 Å². The third-order valence-corrected chi connectivity index (χ3v) is 3.67. The largest absolute Gasteiger partial charge is 0.464 e. The zero-order valence-electron chi connectivity index (χ0n) is 14.7. The molecule has 0 unspecified atom stereocenters. The Morgan fingerprint density at radius 1 is 1.08 bits per heavy atom. The molecule has 0 bridgehead atoms. The highest BCUT2D eigenvalue weighted by Crippen LogP contribution is 2.18. The van der Waals surface area contributed by atoms with Crippen molar-refractivity contribution in [1.82, 2.24) is 14.7 Å². The predicted molar refractivity (Wildman–Crippen MR) is 91.3 cm³/mol. The molecule has 6 heteroatoms. The fourth-order valence-corrected chi connectivity index (χ4v) is 2.70. The Kier molecular flexibility index (Phi) is 5.39. The minimum Gasteiger partial charge on any atom is -0.464 e. The highest BCUT2D eigenvalue weighted by Gasteiger charge is 2.27. The molecule has 6 nitrogen and oxygen atoms in total. The van der Waals surface area contributed by atoms with E-state index in [-0.39, 0.29) is 23.7 Å². The number of ether oxygens (including phenoxy) is 1. The van der Waals surface area contributed by atoms with Crippen molar-refractivity contribution in [2.75, 3.05) is 7.11 Å². The van der Waals surface area contributed by atoms with Crippen LogP contribution in [0.4, 0.5) is 0 Å². The summed E-state index contributed by atoms with van der Waals surface area (Å²) < 4.78 is 6.23. The minimum absolute atomic E-state index is 0.0261. The molecule has 2 aromatic rings. The van der Waals surface area contributed by atoms with Gasteiger partial charge in [-0.25, -0.2) is 9.48 Å². The van der Waals surface area contributed by atoms with Crippen LogP contribution in [-0.4, -0.2) is 45.8 Å². The zero-order chi connectivity index (χ0) is 17.9. The van der Waals surface area contributed by atoms with E-state index in [0.29, 0.717) is 11.4 Å². The summed E-state index contributed by atoms with van der Waals surface area (Å²) in [5.41, 5.74) is 1.16. The number of carbonyl (C=O) groups excluding carboxylic acids is 2. The van der Waals surface area contributed by atoms with Gasteiger partial charge in [-0.3, -0.25) is 4.79 Å². The average Bonchev–Trinajstić information content (AvgIpc) is 2.99. The van der Waals surface area contributed by atoms with Crippen molar-refractivity contribution in [1.29, 1.82) is 0 Å². The van der Waals surface area contributed by atoms with Gasteiger partial charge in [-0.1, -0.05) is 18.2 Å². The molecular weight excluding hydrogens is 306 g/mol. The standard InChI is InChI=1S/C18H23N3O3/c1-12(2)20(13(3)4)17(22)16-11-15(18(23)24-5)19-21(16)14-9-7-6-8-10-14/h6-13H,1-5H3. The maximum atomic E-state index is 13.1. The fourth-order valence-electron chi connectivity index (χ4n) is 2.70. The number of esters is 1. The van der Waals surface area contributed by atoms with E-state index in [0.717, 1.165) is 0 Å². The molecule has 0 aliphatic heterocycles. The molecular formula is C18H23N3O3. The van der Waals surface area contributed by atoms with Gasteiger partial charge in [-0.05, 0) is 39.8 Å². The average molecular weight is 329 g/mol. The van der Waals surface area contributed by atoms with E-state index in [4.69, 9.17) is 4.74 Å². The number of nitrogens with zero attached hydrogens (tertiary/aromatic N) is 3. The summed E-state index contributed by atoms with van der Waals surface area (Å²) in [4.78, 5) is 26.7. The van der Waals surface area contributed by atoms with E-state index in [1.807, 2.05) is 58.0 Å². The lowest BCUT2D eigenvalue weighted by atomic mass is 10.2. The first kappa shape index (κ1) is 17.7. The lowest BCUT2D eigenvalue weighted by molar-refractivity contribution is 0.0592. The van der Waals surface area contributed by atoms with Crippen molar-refractivity contribution in [3.05, 3.63) is 47.8 Å². The van der Waals surface area contributed by atoms with Gasteiger partial charge < -0.3 is 9.64 Å². The minimum atomic E-state index is -0.570. The summed E-state index contributed by atoms with van der Waals surface area (Å²) in [5.74, 6) is -0.745. The van der Waals surface area contributed by atoms with Crippen LogP contribution in [0.2, 0.25) is 0 Å². The fraction of sp³-hybridized carbons (Fsp3) is 0.389. The summed E-state index contributed by atoms with van der Waals surface area (Å²) >= 11 is 0. The van der Waals surface area contributed by atoms with Crippen LogP contribution in [-0.2, 0) is 4.74 Å². The van der Waals surface area contributed by atoms with Crippen LogP contribution in [0.1, 0.15) is 48.7 Å². The molecule has 0 N–H and O–H groups in total. The molecule has 1 aromatic carbocycles. The number of methoxy groups -OCH3 is 1. The topological polar surface area (TPSA) is 64.4 Å². The van der Waals surface area contributed by atoms with E-state index in [2.05, 4.69) is 5.10 Å². The highest BCUT2D eigenvalue weighted by molar-refractivity contribution is 5.97. The molecule has 1 amide bonds. The Labute approximate surface area is 142 Å². The van der Waals surface area contributed by atoms with E-state index in [9.17, 15) is 9.59 Å². The molecule has 24 heavy (non-hydrogen) atoms. The van der Waals surface area contributed by atoms with Crippen molar-refractivity contribution >= 4 is 11.9 Å². The first-order chi connectivity index (χ1) is 11.4. The molecule has 1 aromatic heterocycles. The second kappa shape index (κ2) is 7.29. The molecule has 0 radical (unpaired) electrons. The van der Waals surface area contributed by atoms with Crippen LogP contribution in [0.3, 0.4) is 0 Å². The van der Waals surface area contributed by atoms with Crippen molar-refractivity contribution in [2.24, 2.45) is 0 Å². The summed E-state index contributed by atoms with van der Waals surface area (Å²) in [6, 6.07) is 10.8. The summed E-state index contributed by atoms with van der Waals surface area (Å²) in [5, 5.41) is 4.27. The second-order valence-electron chi connectivity index (χ2n) is 6.05. The van der Waals surface area contributed by atoms with E-state index in [1.165, 1.54) is 17.9 Å². The third-order valence-electron chi connectivity index (χ3n) is 3.67. The smallest absolute Gasteiger partial charge is 0.358 e. The lowest BCUT2D eigenvalue weighted by Gasteiger charge is -2.30. The highest BCUT2D eigenvalue weighted by atomic mass is 16.5. The van der Waals surface area contributed by atoms with Gasteiger partial charge in [0.1, 0.15) is 5.69 Å². The van der Waals surface area contributed by atoms with Crippen molar-refractivity contribution in [2.45, 2.75) is 39.8 Å².